The molecule has 0 saturated heterocycles. The monoisotopic (exact) mass is 362 g/mol. The Balaban J connectivity index is 1.91. The molecule has 0 radical (unpaired) electrons. The Hall–Kier alpha value is -2.81. The number of aromatic amines is 1. The number of hydrogen-bond donors (Lipinski definition) is 3. The van der Waals surface area contributed by atoms with Crippen LogP contribution in [-0.4, -0.2) is 34.6 Å². The maximum atomic E-state index is 12.2. The first-order chi connectivity index (χ1) is 12.0. The first-order valence-electron chi connectivity index (χ1n) is 7.53. The molecule has 8 nitrogen and oxygen atoms in total. The summed E-state index contributed by atoms with van der Waals surface area (Å²) in [5.41, 5.74) is 4.03. The van der Waals surface area contributed by atoms with Gasteiger partial charge in [-0.15, -0.1) is 0 Å². The molecule has 1 aromatic heterocycles. The largest absolute Gasteiger partial charge is 0.494 e. The zero-order chi connectivity index (χ0) is 18.1. The van der Waals surface area contributed by atoms with Gasteiger partial charge in [0.15, 0.2) is 16.3 Å². The molecule has 0 aliphatic carbocycles. The van der Waals surface area contributed by atoms with Crippen molar-refractivity contribution in [3.63, 3.8) is 0 Å². The van der Waals surface area contributed by atoms with E-state index in [1.807, 2.05) is 18.2 Å². The molecule has 3 N–H and O–H groups in total. The Kier molecular flexibility index (Phi) is 4.49. The van der Waals surface area contributed by atoms with E-state index in [0.717, 1.165) is 5.56 Å². The van der Waals surface area contributed by atoms with Crippen molar-refractivity contribution in [2.75, 3.05) is 14.2 Å². The van der Waals surface area contributed by atoms with Gasteiger partial charge in [-0.1, -0.05) is 6.07 Å². The van der Waals surface area contributed by atoms with Gasteiger partial charge in [0.2, 0.25) is 5.88 Å². The Labute approximate surface area is 148 Å². The summed E-state index contributed by atoms with van der Waals surface area (Å²) in [6, 6.07) is 5.41. The van der Waals surface area contributed by atoms with Gasteiger partial charge in [-0.2, -0.15) is 5.10 Å². The van der Waals surface area contributed by atoms with Gasteiger partial charge in [-0.05, 0) is 29.9 Å². The van der Waals surface area contributed by atoms with Crippen LogP contribution in [0.5, 0.6) is 17.4 Å². The Morgan fingerprint density at radius 2 is 2.04 bits per heavy atom. The molecule has 1 aliphatic rings. The van der Waals surface area contributed by atoms with Gasteiger partial charge in [-0.3, -0.25) is 14.3 Å². The molecule has 2 heterocycles. The van der Waals surface area contributed by atoms with Crippen molar-refractivity contribution in [3.05, 3.63) is 44.5 Å². The fraction of sp³-hybridized carbons (Fsp3) is 0.312. The third-order valence-corrected chi connectivity index (χ3v) is 4.52. The van der Waals surface area contributed by atoms with Crippen molar-refractivity contribution in [1.82, 2.24) is 15.0 Å². The predicted molar refractivity (Wildman–Crippen MR) is 95.1 cm³/mol. The van der Waals surface area contributed by atoms with Gasteiger partial charge in [-0.25, -0.2) is 0 Å². The average molecular weight is 362 g/mol. The summed E-state index contributed by atoms with van der Waals surface area (Å²) < 4.78 is 12.0. The summed E-state index contributed by atoms with van der Waals surface area (Å²) in [5.74, 6) is 1.03. The molecular weight excluding hydrogens is 344 g/mol. The third kappa shape index (κ3) is 2.98. The molecule has 1 unspecified atom stereocenters. The van der Waals surface area contributed by atoms with Crippen molar-refractivity contribution in [1.29, 1.82) is 0 Å². The molecular formula is C16H18N4O4S. The SMILES string of the molecule is COc1ccc(C2CC(c3c(O)n(C)c(=S)[nH]c3=O)=NN2)cc1OC. The number of methoxy groups -OCH3 is 2. The van der Waals surface area contributed by atoms with Gasteiger partial charge in [0.25, 0.3) is 5.56 Å². The van der Waals surface area contributed by atoms with Crippen LogP contribution in [-0.2, 0) is 7.05 Å². The lowest BCUT2D eigenvalue weighted by atomic mass is 9.99. The van der Waals surface area contributed by atoms with E-state index in [1.54, 1.807) is 21.3 Å². The summed E-state index contributed by atoms with van der Waals surface area (Å²) >= 11 is 4.98. The van der Waals surface area contributed by atoms with E-state index in [0.29, 0.717) is 23.6 Å². The van der Waals surface area contributed by atoms with Crippen LogP contribution in [0.3, 0.4) is 0 Å². The summed E-state index contributed by atoms with van der Waals surface area (Å²) in [5, 5.41) is 14.5. The smallest absolute Gasteiger partial charge is 0.264 e. The van der Waals surface area contributed by atoms with Crippen LogP contribution in [0.2, 0.25) is 0 Å². The molecule has 1 aromatic carbocycles. The molecule has 0 bridgehead atoms. The number of H-pyrrole nitrogens is 1. The van der Waals surface area contributed by atoms with E-state index >= 15 is 0 Å². The molecule has 9 heteroatoms. The van der Waals surface area contributed by atoms with E-state index in [-0.39, 0.29) is 22.3 Å². The van der Waals surface area contributed by atoms with E-state index in [4.69, 9.17) is 21.7 Å². The number of benzene rings is 1. The van der Waals surface area contributed by atoms with Gasteiger partial charge in [0.05, 0.1) is 26.0 Å². The molecule has 0 fully saturated rings. The molecule has 0 spiro atoms. The minimum Gasteiger partial charge on any atom is -0.494 e. The highest BCUT2D eigenvalue weighted by atomic mass is 32.1. The number of hydrogen-bond acceptors (Lipinski definition) is 7. The van der Waals surface area contributed by atoms with Crippen molar-refractivity contribution >= 4 is 17.9 Å². The Morgan fingerprint density at radius 3 is 2.72 bits per heavy atom. The van der Waals surface area contributed by atoms with Crippen molar-refractivity contribution in [2.24, 2.45) is 12.1 Å². The maximum absolute atomic E-state index is 12.2. The minimum absolute atomic E-state index is 0.117. The molecule has 3 rings (SSSR count). The lowest BCUT2D eigenvalue weighted by Gasteiger charge is -2.14. The van der Waals surface area contributed by atoms with Crippen LogP contribution in [0, 0.1) is 4.77 Å². The molecule has 132 valence electrons. The van der Waals surface area contributed by atoms with E-state index in [1.165, 1.54) is 4.57 Å². The van der Waals surface area contributed by atoms with Gasteiger partial charge < -0.3 is 20.0 Å². The molecule has 1 atom stereocenters. The average Bonchev–Trinajstić information content (AvgIpc) is 3.08. The topological polar surface area (TPSA) is 101 Å². The maximum Gasteiger partial charge on any atom is 0.264 e. The predicted octanol–water partition coefficient (Wildman–Crippen LogP) is 1.60. The third-order valence-electron chi connectivity index (χ3n) is 4.14. The van der Waals surface area contributed by atoms with Crippen LogP contribution in [0.25, 0.3) is 0 Å². The van der Waals surface area contributed by atoms with Crippen molar-refractivity contribution in [3.8, 4) is 17.4 Å². The molecule has 0 amide bonds. The zero-order valence-electron chi connectivity index (χ0n) is 14.0. The Morgan fingerprint density at radius 1 is 1.32 bits per heavy atom. The molecule has 1 aliphatic heterocycles. The van der Waals surface area contributed by atoms with Crippen LogP contribution in [0.1, 0.15) is 23.6 Å². The molecule has 25 heavy (non-hydrogen) atoms. The van der Waals surface area contributed by atoms with E-state index in [9.17, 15) is 9.90 Å². The number of rotatable bonds is 4. The number of aromatic nitrogens is 2. The van der Waals surface area contributed by atoms with Gasteiger partial charge >= 0.3 is 0 Å². The van der Waals surface area contributed by atoms with Crippen LogP contribution in [0.15, 0.2) is 28.1 Å². The summed E-state index contributed by atoms with van der Waals surface area (Å²) in [4.78, 5) is 14.7. The van der Waals surface area contributed by atoms with Gasteiger partial charge in [0.1, 0.15) is 5.56 Å². The highest BCUT2D eigenvalue weighted by Gasteiger charge is 2.27. The number of nitrogens with zero attached hydrogens (tertiary/aromatic N) is 2. The molecule has 2 aromatic rings. The zero-order valence-corrected chi connectivity index (χ0v) is 14.8. The Bertz CT molecular complexity index is 964. The van der Waals surface area contributed by atoms with Gasteiger partial charge in [0, 0.05) is 13.5 Å². The second-order valence-electron chi connectivity index (χ2n) is 5.58. The van der Waals surface area contributed by atoms with E-state index in [2.05, 4.69) is 15.5 Å². The number of aromatic hydroxyl groups is 1. The summed E-state index contributed by atoms with van der Waals surface area (Å²) in [6.07, 6.45) is 0.433. The first kappa shape index (κ1) is 17.0. The van der Waals surface area contributed by atoms with Crippen molar-refractivity contribution < 1.29 is 14.6 Å². The summed E-state index contributed by atoms with van der Waals surface area (Å²) in [7, 11) is 4.72. The number of hydrazone groups is 1. The highest BCUT2D eigenvalue weighted by molar-refractivity contribution is 7.71. The van der Waals surface area contributed by atoms with E-state index < -0.39 is 5.56 Å². The van der Waals surface area contributed by atoms with Crippen molar-refractivity contribution in [2.45, 2.75) is 12.5 Å². The quantitative estimate of drug-likeness (QED) is 0.715. The number of nitrogens with one attached hydrogen (secondary N) is 2. The fourth-order valence-electron chi connectivity index (χ4n) is 2.73. The normalized spacial score (nSPS) is 16.3. The summed E-state index contributed by atoms with van der Waals surface area (Å²) in [6.45, 7) is 0. The second kappa shape index (κ2) is 6.60. The second-order valence-corrected chi connectivity index (χ2v) is 5.96. The lowest BCUT2D eigenvalue weighted by Crippen LogP contribution is -2.21. The van der Waals surface area contributed by atoms with Crippen LogP contribution >= 0.6 is 12.2 Å². The fourth-order valence-corrected chi connectivity index (χ4v) is 2.91. The standard InChI is InChI=1S/C16H18N4O4S/c1-20-15(22)13(14(21)17-16(20)25)10-7-9(18-19-10)8-4-5-11(23-2)12(6-8)24-3/h4-6,9,18,22H,7H2,1-3H3,(H,17,21,25). The minimum atomic E-state index is -0.464. The molecule has 0 saturated carbocycles. The van der Waals surface area contributed by atoms with Crippen LogP contribution in [0.4, 0.5) is 0 Å². The lowest BCUT2D eigenvalue weighted by molar-refractivity contribution is 0.354. The van der Waals surface area contributed by atoms with Crippen LogP contribution < -0.4 is 20.5 Å². The first-order valence-corrected chi connectivity index (χ1v) is 7.93. The number of ether oxygens (including phenoxy) is 2. The highest BCUT2D eigenvalue weighted by Crippen LogP contribution is 2.33.